The lowest BCUT2D eigenvalue weighted by molar-refractivity contribution is -0.166. The molecule has 0 rings (SSSR count). The van der Waals surface area contributed by atoms with Crippen LogP contribution in [0.1, 0.15) is 181 Å². The third kappa shape index (κ3) is 44.9. The second-order valence-corrected chi connectivity index (χ2v) is 15.0. The third-order valence-corrected chi connectivity index (χ3v) is 9.32. The summed E-state index contributed by atoms with van der Waals surface area (Å²) >= 11 is 0. The quantitative estimate of drug-likeness (QED) is 0.0201. The van der Waals surface area contributed by atoms with Gasteiger partial charge in [0.15, 0.2) is 6.10 Å². The lowest BCUT2D eigenvalue weighted by Gasteiger charge is -2.18. The summed E-state index contributed by atoms with van der Waals surface area (Å²) in [5, 5.41) is 0. The minimum absolute atomic E-state index is 0.130. The molecule has 0 N–H and O–H groups in total. The van der Waals surface area contributed by atoms with Crippen molar-refractivity contribution in [3.8, 4) is 0 Å². The maximum atomic E-state index is 12.7. The van der Waals surface area contributed by atoms with Gasteiger partial charge in [0.2, 0.25) is 0 Å². The van der Waals surface area contributed by atoms with Gasteiger partial charge in [-0.1, -0.05) is 194 Å². The lowest BCUT2D eigenvalue weighted by Crippen LogP contribution is -2.30. The molecule has 0 saturated carbocycles. The van der Waals surface area contributed by atoms with Gasteiger partial charge < -0.3 is 14.2 Å². The zero-order valence-electron chi connectivity index (χ0n) is 38.2. The summed E-state index contributed by atoms with van der Waals surface area (Å²) in [5.74, 6) is -1.07. The summed E-state index contributed by atoms with van der Waals surface area (Å²) in [6.45, 7) is 6.23. The van der Waals surface area contributed by atoms with Gasteiger partial charge in [0.1, 0.15) is 13.2 Å². The van der Waals surface area contributed by atoms with Crippen LogP contribution in [-0.4, -0.2) is 37.2 Å². The van der Waals surface area contributed by atoms with Crippen LogP contribution in [0.25, 0.3) is 0 Å². The molecule has 0 aliphatic rings. The summed E-state index contributed by atoms with van der Waals surface area (Å²) in [6.07, 6.45) is 64.8. The van der Waals surface area contributed by atoms with Crippen LogP contribution >= 0.6 is 0 Å². The number of ether oxygens (including phenoxy) is 3. The maximum Gasteiger partial charge on any atom is 0.306 e. The fourth-order valence-electron chi connectivity index (χ4n) is 5.82. The highest BCUT2D eigenvalue weighted by atomic mass is 16.6. The third-order valence-electron chi connectivity index (χ3n) is 9.32. The number of rotatable bonds is 40. The van der Waals surface area contributed by atoms with E-state index in [2.05, 4.69) is 87.6 Å². The van der Waals surface area contributed by atoms with E-state index in [0.717, 1.165) is 96.3 Å². The first-order valence-electron chi connectivity index (χ1n) is 23.6. The molecule has 0 saturated heterocycles. The molecule has 336 valence electrons. The maximum absolute atomic E-state index is 12.7. The van der Waals surface area contributed by atoms with E-state index in [1.165, 1.54) is 38.5 Å². The molecular weight excluding hydrogens is 745 g/mol. The zero-order chi connectivity index (χ0) is 43.7. The van der Waals surface area contributed by atoms with Crippen molar-refractivity contribution in [3.05, 3.63) is 122 Å². The van der Waals surface area contributed by atoms with Gasteiger partial charge in [0.25, 0.3) is 0 Å². The van der Waals surface area contributed by atoms with Crippen LogP contribution in [0.15, 0.2) is 122 Å². The van der Waals surface area contributed by atoms with Gasteiger partial charge in [-0.25, -0.2) is 0 Å². The monoisotopic (exact) mass is 829 g/mol. The molecule has 1 unspecified atom stereocenters. The van der Waals surface area contributed by atoms with E-state index in [-0.39, 0.29) is 44.0 Å². The van der Waals surface area contributed by atoms with Gasteiger partial charge in [-0.05, 0) is 89.9 Å². The van der Waals surface area contributed by atoms with Crippen LogP contribution in [0, 0.1) is 0 Å². The summed E-state index contributed by atoms with van der Waals surface area (Å²) in [5.41, 5.74) is 0. The lowest BCUT2D eigenvalue weighted by atomic mass is 10.1. The molecule has 6 heteroatoms. The second-order valence-electron chi connectivity index (χ2n) is 15.0. The predicted octanol–water partition coefficient (Wildman–Crippen LogP) is 15.4. The van der Waals surface area contributed by atoms with Crippen molar-refractivity contribution in [2.24, 2.45) is 0 Å². The van der Waals surface area contributed by atoms with Crippen molar-refractivity contribution in [3.63, 3.8) is 0 Å². The molecule has 0 fully saturated rings. The number of carbonyl (C=O) groups is 3. The molecule has 0 radical (unpaired) electrons. The highest BCUT2D eigenvalue weighted by Gasteiger charge is 2.19. The Morgan fingerprint density at radius 3 is 1.33 bits per heavy atom. The Labute approximate surface area is 367 Å². The number of carbonyl (C=O) groups excluding carboxylic acids is 3. The topological polar surface area (TPSA) is 78.9 Å². The smallest absolute Gasteiger partial charge is 0.306 e. The standard InChI is InChI=1S/C54H84O6/c1-4-7-10-13-16-19-22-25-27-30-32-35-38-41-44-47-53(56)59-50-51(49-58-52(55)46-43-40-37-34-31-28-24-21-18-15-12-9-6-3)60-54(57)48-45-42-39-36-33-29-26-23-20-17-14-11-8-5-2/h7-8,10-11,13,16-17,19-20,22,25-32,37,40,51H,4-6,9,12,14-15,18,21,23-24,33-36,38-39,41-50H2,1-3H3/b10-7+,11-8+,16-13+,20-17+,22-19+,27-25+,29-26+,31-28+,32-30+,40-37+. The van der Waals surface area contributed by atoms with Crippen molar-refractivity contribution in [1.82, 2.24) is 0 Å². The molecule has 0 aliphatic heterocycles. The van der Waals surface area contributed by atoms with Crippen molar-refractivity contribution in [2.45, 2.75) is 187 Å². The van der Waals surface area contributed by atoms with Crippen molar-refractivity contribution >= 4 is 17.9 Å². The molecule has 0 spiro atoms. The van der Waals surface area contributed by atoms with E-state index in [4.69, 9.17) is 14.2 Å². The highest BCUT2D eigenvalue weighted by molar-refractivity contribution is 5.71. The number of unbranched alkanes of at least 4 members (excludes halogenated alkanes) is 13. The first-order chi connectivity index (χ1) is 29.5. The molecular formula is C54H84O6. The van der Waals surface area contributed by atoms with Crippen LogP contribution < -0.4 is 0 Å². The Hall–Kier alpha value is -4.19. The Bertz CT molecular complexity index is 1320. The molecule has 0 aromatic carbocycles. The van der Waals surface area contributed by atoms with Crippen LogP contribution in [0.4, 0.5) is 0 Å². The van der Waals surface area contributed by atoms with E-state index in [1.54, 1.807) is 0 Å². The van der Waals surface area contributed by atoms with Crippen LogP contribution in [0.2, 0.25) is 0 Å². The van der Waals surface area contributed by atoms with Gasteiger partial charge in [-0.2, -0.15) is 0 Å². The molecule has 6 nitrogen and oxygen atoms in total. The molecule has 1 atom stereocenters. The van der Waals surface area contributed by atoms with Gasteiger partial charge in [-0.3, -0.25) is 14.4 Å². The molecule has 0 bridgehead atoms. The Balaban J connectivity index is 4.60. The van der Waals surface area contributed by atoms with E-state index in [0.29, 0.717) is 12.8 Å². The van der Waals surface area contributed by atoms with Crippen molar-refractivity contribution in [1.29, 1.82) is 0 Å². The number of hydrogen-bond acceptors (Lipinski definition) is 6. The first kappa shape index (κ1) is 55.8. The number of allylic oxidation sites excluding steroid dienone is 20. The molecule has 60 heavy (non-hydrogen) atoms. The van der Waals surface area contributed by atoms with Gasteiger partial charge >= 0.3 is 17.9 Å². The van der Waals surface area contributed by atoms with Gasteiger partial charge in [-0.15, -0.1) is 0 Å². The molecule has 0 aliphatic carbocycles. The molecule has 0 amide bonds. The van der Waals surface area contributed by atoms with Gasteiger partial charge in [0.05, 0.1) is 0 Å². The van der Waals surface area contributed by atoms with Crippen molar-refractivity contribution in [2.75, 3.05) is 13.2 Å². The fraction of sp³-hybridized carbons (Fsp3) is 0.574. The molecule has 0 aromatic heterocycles. The van der Waals surface area contributed by atoms with Crippen LogP contribution in [0.5, 0.6) is 0 Å². The Morgan fingerprint density at radius 1 is 0.367 bits per heavy atom. The van der Waals surface area contributed by atoms with E-state index < -0.39 is 6.10 Å². The van der Waals surface area contributed by atoms with E-state index in [1.807, 2.05) is 54.7 Å². The minimum atomic E-state index is -0.832. The number of esters is 3. The normalized spacial score (nSPS) is 13.2. The van der Waals surface area contributed by atoms with Crippen molar-refractivity contribution < 1.29 is 28.6 Å². The van der Waals surface area contributed by atoms with Gasteiger partial charge in [0, 0.05) is 19.3 Å². The molecule has 0 aromatic rings. The number of hydrogen-bond donors (Lipinski definition) is 0. The zero-order valence-corrected chi connectivity index (χ0v) is 38.2. The minimum Gasteiger partial charge on any atom is -0.462 e. The summed E-state index contributed by atoms with van der Waals surface area (Å²) < 4.78 is 16.6. The van der Waals surface area contributed by atoms with Crippen LogP contribution in [0.3, 0.4) is 0 Å². The average molecular weight is 829 g/mol. The second kappa shape index (κ2) is 47.5. The Kier molecular flexibility index (Phi) is 44.2. The van der Waals surface area contributed by atoms with E-state index in [9.17, 15) is 14.4 Å². The summed E-state index contributed by atoms with van der Waals surface area (Å²) in [6, 6.07) is 0. The predicted molar refractivity (Wildman–Crippen MR) is 256 cm³/mol. The Morgan fingerprint density at radius 2 is 0.767 bits per heavy atom. The fourth-order valence-corrected chi connectivity index (χ4v) is 5.82. The summed E-state index contributed by atoms with van der Waals surface area (Å²) in [4.78, 5) is 37.8. The largest absolute Gasteiger partial charge is 0.462 e. The first-order valence-corrected chi connectivity index (χ1v) is 23.6. The average Bonchev–Trinajstić information content (AvgIpc) is 3.24. The van der Waals surface area contributed by atoms with E-state index >= 15 is 0 Å². The van der Waals surface area contributed by atoms with Crippen LogP contribution in [-0.2, 0) is 28.6 Å². The molecule has 0 heterocycles. The highest BCUT2D eigenvalue weighted by Crippen LogP contribution is 2.11. The SMILES string of the molecule is CC/C=C/C=C/C=C/C=C/C=C/CCCCCC(=O)OCC(COC(=O)CC/C=C/C/C=C/CCCCCCCC)OC(=O)CCCCCC/C=C/C/C=C/C/C=C/CC. The summed E-state index contributed by atoms with van der Waals surface area (Å²) in [7, 11) is 0.